The van der Waals surface area contributed by atoms with Crippen molar-refractivity contribution >= 4 is 22.6 Å². The normalized spacial score (nSPS) is 10.8. The van der Waals surface area contributed by atoms with Gasteiger partial charge in [-0.15, -0.1) is 0 Å². The van der Waals surface area contributed by atoms with E-state index in [9.17, 15) is 4.79 Å². The summed E-state index contributed by atoms with van der Waals surface area (Å²) in [5, 5.41) is 2.73. The summed E-state index contributed by atoms with van der Waals surface area (Å²) in [5.41, 5.74) is 2.48. The molecule has 23 heavy (non-hydrogen) atoms. The van der Waals surface area contributed by atoms with Crippen LogP contribution in [0.3, 0.4) is 0 Å². The zero-order chi connectivity index (χ0) is 15.6. The number of imidazole rings is 1. The van der Waals surface area contributed by atoms with E-state index in [4.69, 9.17) is 4.42 Å². The maximum absolute atomic E-state index is 11.9. The SMILES string of the molecule is O=C(Nc1ccc(-n2cnc3ccccc32)nc1)c1ccco1. The molecule has 6 nitrogen and oxygen atoms in total. The summed E-state index contributed by atoms with van der Waals surface area (Å²) in [4.78, 5) is 20.6. The zero-order valence-corrected chi connectivity index (χ0v) is 12.0. The van der Waals surface area contributed by atoms with Gasteiger partial charge in [0.05, 0.1) is 29.2 Å². The molecule has 0 saturated carbocycles. The minimum Gasteiger partial charge on any atom is -0.459 e. The molecule has 0 aliphatic heterocycles. The Hall–Kier alpha value is -3.41. The van der Waals surface area contributed by atoms with Gasteiger partial charge in [0, 0.05) is 0 Å². The molecule has 0 aliphatic carbocycles. The van der Waals surface area contributed by atoms with Crippen LogP contribution in [0.4, 0.5) is 5.69 Å². The summed E-state index contributed by atoms with van der Waals surface area (Å²) < 4.78 is 6.95. The second-order valence-electron chi connectivity index (χ2n) is 4.94. The van der Waals surface area contributed by atoms with E-state index in [1.54, 1.807) is 30.7 Å². The third kappa shape index (κ3) is 2.46. The number of pyridine rings is 1. The number of fused-ring (bicyclic) bond motifs is 1. The van der Waals surface area contributed by atoms with Crippen LogP contribution in [0.2, 0.25) is 0 Å². The molecule has 0 aliphatic rings. The van der Waals surface area contributed by atoms with Crippen molar-refractivity contribution in [2.24, 2.45) is 0 Å². The number of hydrogen-bond acceptors (Lipinski definition) is 4. The van der Waals surface area contributed by atoms with Crippen LogP contribution in [0.25, 0.3) is 16.9 Å². The van der Waals surface area contributed by atoms with Crippen LogP contribution in [-0.2, 0) is 0 Å². The number of anilines is 1. The summed E-state index contributed by atoms with van der Waals surface area (Å²) >= 11 is 0. The van der Waals surface area contributed by atoms with Gasteiger partial charge in [-0.1, -0.05) is 12.1 Å². The number of benzene rings is 1. The predicted molar refractivity (Wildman–Crippen MR) is 85.5 cm³/mol. The number of amides is 1. The second-order valence-corrected chi connectivity index (χ2v) is 4.94. The molecule has 1 N–H and O–H groups in total. The van der Waals surface area contributed by atoms with Gasteiger partial charge in [-0.3, -0.25) is 9.36 Å². The highest BCUT2D eigenvalue weighted by atomic mass is 16.3. The highest BCUT2D eigenvalue weighted by Gasteiger charge is 2.09. The number of hydrogen-bond donors (Lipinski definition) is 1. The number of furan rings is 1. The van der Waals surface area contributed by atoms with E-state index in [2.05, 4.69) is 15.3 Å². The molecule has 4 aromatic rings. The summed E-state index contributed by atoms with van der Waals surface area (Å²) in [6.45, 7) is 0. The molecule has 0 unspecified atom stereocenters. The topological polar surface area (TPSA) is 73.0 Å². The fourth-order valence-corrected chi connectivity index (χ4v) is 2.34. The van der Waals surface area contributed by atoms with Crippen LogP contribution in [-0.4, -0.2) is 20.4 Å². The molecular formula is C17H12N4O2. The molecule has 0 saturated heterocycles. The summed E-state index contributed by atoms with van der Waals surface area (Å²) in [6, 6.07) is 14.7. The minimum absolute atomic E-state index is 0.259. The van der Waals surface area contributed by atoms with Crippen LogP contribution in [0, 0.1) is 0 Å². The number of aromatic nitrogens is 3. The molecule has 1 amide bonds. The third-order valence-electron chi connectivity index (χ3n) is 3.45. The Bertz CT molecular complexity index is 956. The maximum Gasteiger partial charge on any atom is 0.291 e. The number of nitrogens with one attached hydrogen (secondary N) is 1. The van der Waals surface area contributed by atoms with Gasteiger partial charge in [-0.2, -0.15) is 0 Å². The van der Waals surface area contributed by atoms with Gasteiger partial charge in [0.25, 0.3) is 5.91 Å². The van der Waals surface area contributed by atoms with Gasteiger partial charge in [0.1, 0.15) is 12.1 Å². The quantitative estimate of drug-likeness (QED) is 0.630. The Morgan fingerprint density at radius 2 is 1.96 bits per heavy atom. The van der Waals surface area contributed by atoms with E-state index in [0.717, 1.165) is 16.9 Å². The number of carbonyl (C=O) groups excluding carboxylic acids is 1. The Balaban J connectivity index is 1.60. The Morgan fingerprint density at radius 1 is 1.04 bits per heavy atom. The molecule has 3 heterocycles. The third-order valence-corrected chi connectivity index (χ3v) is 3.45. The van der Waals surface area contributed by atoms with Crippen molar-refractivity contribution in [3.8, 4) is 5.82 Å². The largest absolute Gasteiger partial charge is 0.459 e. The van der Waals surface area contributed by atoms with Crippen molar-refractivity contribution in [1.29, 1.82) is 0 Å². The highest BCUT2D eigenvalue weighted by Crippen LogP contribution is 2.17. The van der Waals surface area contributed by atoms with Crippen LogP contribution >= 0.6 is 0 Å². The molecular weight excluding hydrogens is 292 g/mol. The van der Waals surface area contributed by atoms with E-state index in [1.807, 2.05) is 34.9 Å². The standard InChI is InChI=1S/C17H12N4O2/c22-17(15-6-3-9-23-15)20-12-7-8-16(18-10-12)21-11-19-13-4-1-2-5-14(13)21/h1-11H,(H,20,22). The van der Waals surface area contributed by atoms with Crippen LogP contribution < -0.4 is 5.32 Å². The fraction of sp³-hybridized carbons (Fsp3) is 0. The lowest BCUT2D eigenvalue weighted by atomic mass is 10.3. The summed E-state index contributed by atoms with van der Waals surface area (Å²) in [7, 11) is 0. The molecule has 6 heteroatoms. The second kappa shape index (κ2) is 5.42. The average molecular weight is 304 g/mol. The van der Waals surface area contributed by atoms with Crippen molar-refractivity contribution in [2.45, 2.75) is 0 Å². The Kier molecular flexibility index (Phi) is 3.12. The van der Waals surface area contributed by atoms with Crippen LogP contribution in [0.5, 0.6) is 0 Å². The predicted octanol–water partition coefficient (Wildman–Crippen LogP) is 3.27. The van der Waals surface area contributed by atoms with Gasteiger partial charge >= 0.3 is 0 Å². The van der Waals surface area contributed by atoms with Crippen molar-refractivity contribution in [1.82, 2.24) is 14.5 Å². The first kappa shape index (κ1) is 13.3. The lowest BCUT2D eigenvalue weighted by Crippen LogP contribution is -2.11. The smallest absolute Gasteiger partial charge is 0.291 e. The van der Waals surface area contributed by atoms with Gasteiger partial charge in [0.2, 0.25) is 0 Å². The molecule has 0 fully saturated rings. The molecule has 0 radical (unpaired) electrons. The molecule has 4 rings (SSSR count). The van der Waals surface area contributed by atoms with Gasteiger partial charge in [-0.25, -0.2) is 9.97 Å². The van der Waals surface area contributed by atoms with Crippen LogP contribution in [0.15, 0.2) is 71.7 Å². The van der Waals surface area contributed by atoms with Gasteiger partial charge in [0.15, 0.2) is 5.76 Å². The first-order valence-electron chi connectivity index (χ1n) is 7.05. The Labute approximate surface area is 131 Å². The monoisotopic (exact) mass is 304 g/mol. The first-order valence-corrected chi connectivity index (χ1v) is 7.05. The molecule has 0 bridgehead atoms. The van der Waals surface area contributed by atoms with Gasteiger partial charge in [-0.05, 0) is 36.4 Å². The zero-order valence-electron chi connectivity index (χ0n) is 12.0. The molecule has 112 valence electrons. The summed E-state index contributed by atoms with van der Waals surface area (Å²) in [5.74, 6) is 0.682. The van der Waals surface area contributed by atoms with E-state index in [1.165, 1.54) is 6.26 Å². The van der Waals surface area contributed by atoms with Crippen molar-refractivity contribution in [3.05, 3.63) is 73.1 Å². The van der Waals surface area contributed by atoms with Crippen LogP contribution in [0.1, 0.15) is 10.6 Å². The fourth-order valence-electron chi connectivity index (χ4n) is 2.34. The maximum atomic E-state index is 11.9. The molecule has 0 spiro atoms. The van der Waals surface area contributed by atoms with Gasteiger partial charge < -0.3 is 9.73 Å². The molecule has 0 atom stereocenters. The number of para-hydroxylation sites is 2. The van der Waals surface area contributed by atoms with E-state index >= 15 is 0 Å². The summed E-state index contributed by atoms with van der Waals surface area (Å²) in [6.07, 6.45) is 4.79. The van der Waals surface area contributed by atoms with Crippen molar-refractivity contribution in [3.63, 3.8) is 0 Å². The molecule has 1 aromatic carbocycles. The molecule has 3 aromatic heterocycles. The number of carbonyl (C=O) groups is 1. The highest BCUT2D eigenvalue weighted by molar-refractivity contribution is 6.02. The number of nitrogens with zero attached hydrogens (tertiary/aromatic N) is 3. The van der Waals surface area contributed by atoms with E-state index in [-0.39, 0.29) is 11.7 Å². The van der Waals surface area contributed by atoms with E-state index < -0.39 is 0 Å². The Morgan fingerprint density at radius 3 is 2.74 bits per heavy atom. The lowest BCUT2D eigenvalue weighted by Gasteiger charge is -2.06. The lowest BCUT2D eigenvalue weighted by molar-refractivity contribution is 0.0996. The minimum atomic E-state index is -0.308. The average Bonchev–Trinajstić information content (AvgIpc) is 3.25. The van der Waals surface area contributed by atoms with E-state index in [0.29, 0.717) is 5.69 Å². The van der Waals surface area contributed by atoms with Crippen molar-refractivity contribution in [2.75, 3.05) is 5.32 Å². The van der Waals surface area contributed by atoms with Crippen molar-refractivity contribution < 1.29 is 9.21 Å². The number of rotatable bonds is 3. The first-order chi connectivity index (χ1) is 11.3.